The largest absolute Gasteiger partial charge is 0.486 e. The summed E-state index contributed by atoms with van der Waals surface area (Å²) >= 11 is 4.15. The summed E-state index contributed by atoms with van der Waals surface area (Å²) in [5, 5.41) is 4.28. The first-order valence-electron chi connectivity index (χ1n) is 7.20. The van der Waals surface area contributed by atoms with Crippen LogP contribution in [0.4, 0.5) is 0 Å². The maximum absolute atomic E-state index is 5.71. The van der Waals surface area contributed by atoms with E-state index in [4.69, 9.17) is 9.47 Å². The van der Waals surface area contributed by atoms with Crippen LogP contribution in [-0.4, -0.2) is 42.3 Å². The van der Waals surface area contributed by atoms with E-state index in [1.165, 1.54) is 22.8 Å². The second-order valence-corrected chi connectivity index (χ2v) is 7.42. The van der Waals surface area contributed by atoms with Crippen molar-refractivity contribution in [2.24, 2.45) is 0 Å². The number of benzene rings is 1. The molecule has 3 nitrogen and oxygen atoms in total. The first-order valence-corrected chi connectivity index (χ1v) is 9.41. The van der Waals surface area contributed by atoms with E-state index in [2.05, 4.69) is 54.0 Å². The molecule has 0 saturated carbocycles. The molecule has 1 N–H and O–H groups in total. The smallest absolute Gasteiger partial charge is 0.161 e. The molecule has 1 aromatic carbocycles. The topological polar surface area (TPSA) is 30.5 Å². The molecule has 0 bridgehead atoms. The molecule has 2 aliphatic rings. The van der Waals surface area contributed by atoms with Crippen LogP contribution in [0, 0.1) is 0 Å². The Balaban J connectivity index is 1.82. The van der Waals surface area contributed by atoms with Crippen molar-refractivity contribution < 1.29 is 9.47 Å². The molecule has 2 unspecified atom stereocenters. The second-order valence-electron chi connectivity index (χ2n) is 4.92. The average Bonchev–Trinajstić information content (AvgIpc) is 2.53. The van der Waals surface area contributed by atoms with Crippen molar-refractivity contribution in [2.75, 3.05) is 37.0 Å². The van der Waals surface area contributed by atoms with Gasteiger partial charge in [-0.05, 0) is 24.2 Å². The fourth-order valence-corrected chi connectivity index (χ4v) is 5.51. The number of nitrogens with one attached hydrogen (secondary N) is 1. The van der Waals surface area contributed by atoms with Gasteiger partial charge in [-0.1, -0.05) is 13.0 Å². The Hall–Kier alpha value is -0.520. The van der Waals surface area contributed by atoms with Crippen molar-refractivity contribution in [2.45, 2.75) is 18.2 Å². The molecule has 0 radical (unpaired) electrons. The predicted octanol–water partition coefficient (Wildman–Crippen LogP) is 2.96. The van der Waals surface area contributed by atoms with Gasteiger partial charge in [0, 0.05) is 28.6 Å². The number of ether oxygens (including phenoxy) is 2. The summed E-state index contributed by atoms with van der Waals surface area (Å²) in [4.78, 5) is 0. The molecule has 0 aliphatic carbocycles. The summed E-state index contributed by atoms with van der Waals surface area (Å²) in [6.07, 6.45) is 0. The third-order valence-electron chi connectivity index (χ3n) is 3.56. The quantitative estimate of drug-likeness (QED) is 0.924. The highest BCUT2D eigenvalue weighted by Gasteiger charge is 2.26. The number of rotatable bonds is 4. The van der Waals surface area contributed by atoms with Crippen molar-refractivity contribution in [1.29, 1.82) is 0 Å². The van der Waals surface area contributed by atoms with Crippen molar-refractivity contribution >= 4 is 23.5 Å². The van der Waals surface area contributed by atoms with E-state index in [9.17, 15) is 0 Å². The molecule has 5 heteroatoms. The van der Waals surface area contributed by atoms with Gasteiger partial charge in [-0.25, -0.2) is 0 Å². The normalized spacial score (nSPS) is 23.4. The Morgan fingerprint density at radius 2 is 2.10 bits per heavy atom. The van der Waals surface area contributed by atoms with Crippen LogP contribution in [0.1, 0.15) is 18.5 Å². The fourth-order valence-electron chi connectivity index (χ4n) is 2.64. The van der Waals surface area contributed by atoms with Crippen molar-refractivity contribution in [3.8, 4) is 11.5 Å². The van der Waals surface area contributed by atoms with Crippen LogP contribution in [0.25, 0.3) is 0 Å². The SMILES string of the molecule is CCNC(c1ccc2c(c1)OCCO2)C1CSCCS1. The van der Waals surface area contributed by atoms with E-state index in [-0.39, 0.29) is 0 Å². The average molecular weight is 311 g/mol. The standard InChI is InChI=1S/C15H21NO2S2/c1-2-16-15(14-10-19-7-8-20-14)11-3-4-12-13(9-11)18-6-5-17-12/h3-4,9,14-16H,2,5-8,10H2,1H3. The lowest BCUT2D eigenvalue weighted by molar-refractivity contribution is 0.171. The Labute approximate surface area is 129 Å². The molecule has 2 atom stereocenters. The summed E-state index contributed by atoms with van der Waals surface area (Å²) in [7, 11) is 0. The van der Waals surface area contributed by atoms with Gasteiger partial charge in [-0.3, -0.25) is 0 Å². The molecule has 1 fully saturated rings. The van der Waals surface area contributed by atoms with E-state index >= 15 is 0 Å². The van der Waals surface area contributed by atoms with Crippen LogP contribution >= 0.6 is 23.5 Å². The van der Waals surface area contributed by atoms with Crippen LogP contribution < -0.4 is 14.8 Å². The summed E-state index contributed by atoms with van der Waals surface area (Å²) < 4.78 is 11.3. The van der Waals surface area contributed by atoms with E-state index in [0.29, 0.717) is 24.5 Å². The second kappa shape index (κ2) is 6.96. The molecule has 1 saturated heterocycles. The molecule has 0 amide bonds. The van der Waals surface area contributed by atoms with Gasteiger partial charge in [0.1, 0.15) is 13.2 Å². The molecule has 20 heavy (non-hydrogen) atoms. The molecule has 0 spiro atoms. The van der Waals surface area contributed by atoms with Gasteiger partial charge >= 0.3 is 0 Å². The Bertz CT molecular complexity index is 449. The summed E-state index contributed by atoms with van der Waals surface area (Å²) in [5.74, 6) is 5.52. The van der Waals surface area contributed by atoms with Crippen LogP contribution in [0.5, 0.6) is 11.5 Å². The third-order valence-corrected chi connectivity index (χ3v) is 6.43. The van der Waals surface area contributed by atoms with Gasteiger partial charge in [-0.15, -0.1) is 0 Å². The first kappa shape index (κ1) is 14.4. The number of hydrogen-bond donors (Lipinski definition) is 1. The maximum Gasteiger partial charge on any atom is 0.161 e. The lowest BCUT2D eigenvalue weighted by atomic mass is 10.0. The Morgan fingerprint density at radius 3 is 2.85 bits per heavy atom. The summed E-state index contributed by atoms with van der Waals surface area (Å²) in [6, 6.07) is 6.78. The fraction of sp³-hybridized carbons (Fsp3) is 0.600. The van der Waals surface area contributed by atoms with Gasteiger partial charge in [-0.2, -0.15) is 23.5 Å². The Kier molecular flexibility index (Phi) is 5.02. The molecule has 2 aliphatic heterocycles. The van der Waals surface area contributed by atoms with Gasteiger partial charge in [0.05, 0.1) is 0 Å². The van der Waals surface area contributed by atoms with Gasteiger partial charge in [0.25, 0.3) is 0 Å². The lowest BCUT2D eigenvalue weighted by Crippen LogP contribution is -2.33. The molecule has 0 aromatic heterocycles. The molecular formula is C15H21NO2S2. The lowest BCUT2D eigenvalue weighted by Gasteiger charge is -2.31. The monoisotopic (exact) mass is 311 g/mol. The minimum Gasteiger partial charge on any atom is -0.486 e. The van der Waals surface area contributed by atoms with E-state index < -0.39 is 0 Å². The minimum absolute atomic E-state index is 0.397. The first-order chi connectivity index (χ1) is 9.88. The minimum atomic E-state index is 0.397. The van der Waals surface area contributed by atoms with Crippen LogP contribution in [-0.2, 0) is 0 Å². The number of fused-ring (bicyclic) bond motifs is 1. The van der Waals surface area contributed by atoms with Crippen LogP contribution in [0.2, 0.25) is 0 Å². The zero-order valence-corrected chi connectivity index (χ0v) is 13.4. The molecule has 1 aromatic rings. The highest BCUT2D eigenvalue weighted by molar-refractivity contribution is 8.06. The highest BCUT2D eigenvalue weighted by atomic mass is 32.2. The van der Waals surface area contributed by atoms with E-state index in [1.54, 1.807) is 0 Å². The van der Waals surface area contributed by atoms with E-state index in [0.717, 1.165) is 18.0 Å². The van der Waals surface area contributed by atoms with Gasteiger partial charge in [0.2, 0.25) is 0 Å². The van der Waals surface area contributed by atoms with Crippen molar-refractivity contribution in [3.63, 3.8) is 0 Å². The summed E-state index contributed by atoms with van der Waals surface area (Å²) in [6.45, 7) is 4.46. The maximum atomic E-state index is 5.71. The van der Waals surface area contributed by atoms with Gasteiger partial charge in [0.15, 0.2) is 11.5 Å². The van der Waals surface area contributed by atoms with Crippen LogP contribution in [0.3, 0.4) is 0 Å². The highest BCUT2D eigenvalue weighted by Crippen LogP contribution is 2.37. The summed E-state index contributed by atoms with van der Waals surface area (Å²) in [5.41, 5.74) is 1.32. The third kappa shape index (κ3) is 3.21. The zero-order valence-electron chi connectivity index (χ0n) is 11.8. The van der Waals surface area contributed by atoms with Crippen LogP contribution in [0.15, 0.2) is 18.2 Å². The van der Waals surface area contributed by atoms with Crippen molar-refractivity contribution in [1.82, 2.24) is 5.32 Å². The van der Waals surface area contributed by atoms with Crippen molar-refractivity contribution in [3.05, 3.63) is 23.8 Å². The van der Waals surface area contributed by atoms with E-state index in [1.807, 2.05) is 0 Å². The predicted molar refractivity (Wildman–Crippen MR) is 87.4 cm³/mol. The molecule has 2 heterocycles. The Morgan fingerprint density at radius 1 is 1.25 bits per heavy atom. The number of thioether (sulfide) groups is 2. The number of hydrogen-bond acceptors (Lipinski definition) is 5. The molecule has 3 rings (SSSR count). The molecule has 110 valence electrons. The molecular weight excluding hydrogens is 290 g/mol. The van der Waals surface area contributed by atoms with Gasteiger partial charge < -0.3 is 14.8 Å². The zero-order chi connectivity index (χ0) is 13.8.